The number of aromatic nitrogens is 2. The summed E-state index contributed by atoms with van der Waals surface area (Å²) >= 11 is 0. The van der Waals surface area contributed by atoms with Gasteiger partial charge in [0.15, 0.2) is 0 Å². The Morgan fingerprint density at radius 3 is 1.54 bits per heavy atom. The van der Waals surface area contributed by atoms with E-state index in [1.165, 1.54) is 152 Å². The van der Waals surface area contributed by atoms with Gasteiger partial charge in [-0.25, -0.2) is 9.13 Å². The zero-order valence-electron chi connectivity index (χ0n) is 30.4. The van der Waals surface area contributed by atoms with Crippen LogP contribution in [0.1, 0.15) is 179 Å². The van der Waals surface area contributed by atoms with Crippen LogP contribution in [0, 0.1) is 0 Å². The van der Waals surface area contributed by atoms with Gasteiger partial charge >= 0.3 is 0 Å². The van der Waals surface area contributed by atoms with E-state index < -0.39 is 0 Å². The van der Waals surface area contributed by atoms with Crippen molar-refractivity contribution in [2.75, 3.05) is 0 Å². The first-order chi connectivity index (χ1) is 22.7. The lowest BCUT2D eigenvalue weighted by molar-refractivity contribution is -0.697. The molecule has 2 nitrogen and oxygen atoms in total. The van der Waals surface area contributed by atoms with Gasteiger partial charge in [0, 0.05) is 5.41 Å². The molecule has 0 radical (unpaired) electrons. The van der Waals surface area contributed by atoms with E-state index in [0.29, 0.717) is 6.04 Å². The van der Waals surface area contributed by atoms with Crippen molar-refractivity contribution in [1.82, 2.24) is 4.57 Å². The molecular formula is C44H71N2+. The van der Waals surface area contributed by atoms with E-state index in [0.717, 1.165) is 13.0 Å². The van der Waals surface area contributed by atoms with Crippen LogP contribution in [0.5, 0.6) is 0 Å². The van der Waals surface area contributed by atoms with Crippen LogP contribution < -0.4 is 4.57 Å². The van der Waals surface area contributed by atoms with Gasteiger partial charge in [0.25, 0.3) is 0 Å². The van der Waals surface area contributed by atoms with Crippen molar-refractivity contribution in [1.29, 1.82) is 0 Å². The number of hydrogen-bond donors (Lipinski definition) is 0. The van der Waals surface area contributed by atoms with Crippen LogP contribution in [0.2, 0.25) is 0 Å². The predicted molar refractivity (Wildman–Crippen MR) is 201 cm³/mol. The van der Waals surface area contributed by atoms with Gasteiger partial charge in [-0.1, -0.05) is 197 Å². The molecule has 2 unspecified atom stereocenters. The Morgan fingerprint density at radius 2 is 1.02 bits per heavy atom. The summed E-state index contributed by atoms with van der Waals surface area (Å²) in [6, 6.07) is 23.0. The summed E-state index contributed by atoms with van der Waals surface area (Å²) in [7, 11) is 0. The minimum absolute atomic E-state index is 0.00954. The van der Waals surface area contributed by atoms with Gasteiger partial charge in [0.05, 0.1) is 6.54 Å². The molecule has 0 amide bonds. The van der Waals surface area contributed by atoms with Crippen LogP contribution >= 0.6 is 0 Å². The molecule has 3 rings (SSSR count). The molecular weight excluding hydrogens is 556 g/mol. The van der Waals surface area contributed by atoms with E-state index in [1.54, 1.807) is 0 Å². The standard InChI is InChI=1S/C44H71N2/c1-4-6-8-10-12-13-14-15-16-17-18-19-20-21-29-35-43(46-38-37-45(40-46)36-30-22-11-9-7-5-2)44(3,42-33-27-24-28-34-42)39-41-31-25-23-26-32-41/h23-28,31-34,37-38,40,43H,4-22,29-30,35-36,39H2,1-3H3/q+1. The lowest BCUT2D eigenvalue weighted by Crippen LogP contribution is -2.38. The number of imidazole rings is 1. The highest BCUT2D eigenvalue weighted by Gasteiger charge is 2.40. The highest BCUT2D eigenvalue weighted by Crippen LogP contribution is 2.41. The molecule has 256 valence electrons. The fraction of sp³-hybridized carbons (Fsp3) is 0.659. The second-order valence-corrected chi connectivity index (χ2v) is 14.6. The van der Waals surface area contributed by atoms with Crippen LogP contribution in [0.4, 0.5) is 0 Å². The summed E-state index contributed by atoms with van der Waals surface area (Å²) in [5.74, 6) is 0. The summed E-state index contributed by atoms with van der Waals surface area (Å²) in [5, 5.41) is 0. The minimum Gasteiger partial charge on any atom is -0.237 e. The zero-order chi connectivity index (χ0) is 32.5. The van der Waals surface area contributed by atoms with E-state index in [4.69, 9.17) is 0 Å². The number of hydrogen-bond acceptors (Lipinski definition) is 0. The summed E-state index contributed by atoms with van der Waals surface area (Å²) < 4.78 is 5.03. The molecule has 46 heavy (non-hydrogen) atoms. The Kier molecular flexibility index (Phi) is 19.8. The first-order valence-corrected chi connectivity index (χ1v) is 19.8. The number of unbranched alkanes of at least 4 members (excludes halogenated alkanes) is 19. The second kappa shape index (κ2) is 23.9. The maximum absolute atomic E-state index is 2.58. The quantitative estimate of drug-likeness (QED) is 0.0559. The highest BCUT2D eigenvalue weighted by atomic mass is 15.1. The van der Waals surface area contributed by atoms with Crippen LogP contribution in [-0.4, -0.2) is 4.57 Å². The van der Waals surface area contributed by atoms with E-state index in [1.807, 2.05) is 0 Å². The Labute approximate surface area is 285 Å². The average molecular weight is 628 g/mol. The van der Waals surface area contributed by atoms with Crippen molar-refractivity contribution < 1.29 is 4.57 Å². The van der Waals surface area contributed by atoms with E-state index in [2.05, 4.69) is 109 Å². The molecule has 0 saturated heterocycles. The first kappa shape index (κ1) is 38.1. The van der Waals surface area contributed by atoms with Crippen molar-refractivity contribution in [2.45, 2.75) is 186 Å². The molecule has 0 fully saturated rings. The van der Waals surface area contributed by atoms with Gasteiger partial charge in [-0.2, -0.15) is 0 Å². The van der Waals surface area contributed by atoms with E-state index >= 15 is 0 Å². The van der Waals surface area contributed by atoms with Gasteiger partial charge in [-0.3, -0.25) is 0 Å². The topological polar surface area (TPSA) is 8.81 Å². The molecule has 0 N–H and O–H groups in total. The molecule has 0 bridgehead atoms. The molecule has 3 aromatic rings. The Morgan fingerprint density at radius 1 is 0.565 bits per heavy atom. The van der Waals surface area contributed by atoms with Gasteiger partial charge in [-0.05, 0) is 43.2 Å². The third-order valence-corrected chi connectivity index (χ3v) is 10.5. The normalized spacial score (nSPS) is 13.5. The summed E-state index contributed by atoms with van der Waals surface area (Å²) in [5.41, 5.74) is 2.90. The zero-order valence-corrected chi connectivity index (χ0v) is 30.4. The molecule has 1 aromatic heterocycles. The third kappa shape index (κ3) is 14.6. The fourth-order valence-corrected chi connectivity index (χ4v) is 7.56. The van der Waals surface area contributed by atoms with E-state index in [9.17, 15) is 0 Å². The van der Waals surface area contributed by atoms with Crippen molar-refractivity contribution in [2.24, 2.45) is 0 Å². The Hall–Kier alpha value is -2.35. The average Bonchev–Trinajstić information content (AvgIpc) is 3.55. The predicted octanol–water partition coefficient (Wildman–Crippen LogP) is 13.1. The largest absolute Gasteiger partial charge is 0.244 e. The molecule has 1 heterocycles. The van der Waals surface area contributed by atoms with Crippen molar-refractivity contribution in [3.63, 3.8) is 0 Å². The van der Waals surface area contributed by atoms with Crippen LogP contribution in [-0.2, 0) is 18.4 Å². The van der Waals surface area contributed by atoms with Crippen LogP contribution in [0.25, 0.3) is 0 Å². The molecule has 0 spiro atoms. The molecule has 0 saturated carbocycles. The number of rotatable bonds is 28. The molecule has 2 heteroatoms. The van der Waals surface area contributed by atoms with Crippen molar-refractivity contribution in [3.05, 3.63) is 90.5 Å². The monoisotopic (exact) mass is 628 g/mol. The summed E-state index contributed by atoms with van der Waals surface area (Å²) in [6.45, 7) is 8.27. The van der Waals surface area contributed by atoms with Crippen molar-refractivity contribution in [3.8, 4) is 0 Å². The first-order valence-electron chi connectivity index (χ1n) is 19.8. The summed E-state index contributed by atoms with van der Waals surface area (Å²) in [6.07, 6.45) is 38.7. The maximum atomic E-state index is 2.58. The highest BCUT2D eigenvalue weighted by molar-refractivity contribution is 5.30. The Balaban J connectivity index is 1.55. The lowest BCUT2D eigenvalue weighted by atomic mass is 9.70. The number of aryl methyl sites for hydroxylation is 1. The molecule has 0 aliphatic carbocycles. The lowest BCUT2D eigenvalue weighted by Gasteiger charge is -2.37. The van der Waals surface area contributed by atoms with Gasteiger partial charge in [0.1, 0.15) is 18.4 Å². The maximum Gasteiger partial charge on any atom is 0.244 e. The van der Waals surface area contributed by atoms with Crippen LogP contribution in [0.3, 0.4) is 0 Å². The van der Waals surface area contributed by atoms with E-state index in [-0.39, 0.29) is 5.41 Å². The number of nitrogens with zero attached hydrogens (tertiary/aromatic N) is 2. The molecule has 2 aromatic carbocycles. The van der Waals surface area contributed by atoms with Gasteiger partial charge < -0.3 is 0 Å². The molecule has 2 atom stereocenters. The SMILES string of the molecule is CCCCCCCCCCCCCCCCCC(n1cc[n+](CCCCCCCC)c1)C(C)(Cc1ccccc1)c1ccccc1. The third-order valence-electron chi connectivity index (χ3n) is 10.5. The van der Waals surface area contributed by atoms with Crippen molar-refractivity contribution >= 4 is 0 Å². The van der Waals surface area contributed by atoms with Gasteiger partial charge in [-0.15, -0.1) is 0 Å². The summed E-state index contributed by atoms with van der Waals surface area (Å²) in [4.78, 5) is 0. The smallest absolute Gasteiger partial charge is 0.237 e. The van der Waals surface area contributed by atoms with Gasteiger partial charge in [0.2, 0.25) is 6.33 Å². The van der Waals surface area contributed by atoms with Crippen LogP contribution in [0.15, 0.2) is 79.4 Å². The molecule has 0 aliphatic rings. The molecule has 0 aliphatic heterocycles. The Bertz CT molecular complexity index is 1100. The second-order valence-electron chi connectivity index (χ2n) is 14.6. The fourth-order valence-electron chi connectivity index (χ4n) is 7.56. The number of benzene rings is 2. The minimum atomic E-state index is 0.00954.